The first-order chi connectivity index (χ1) is 11.0. The summed E-state index contributed by atoms with van der Waals surface area (Å²) in [5.41, 5.74) is 2.14. The summed E-state index contributed by atoms with van der Waals surface area (Å²) >= 11 is 13.7. The Hall–Kier alpha value is -1.40. The Morgan fingerprint density at radius 2 is 1.87 bits per heavy atom. The third-order valence-electron chi connectivity index (χ3n) is 3.61. The molecule has 1 aromatic carbocycles. The van der Waals surface area contributed by atoms with Crippen LogP contribution in [0.15, 0.2) is 24.3 Å². The van der Waals surface area contributed by atoms with Crippen molar-refractivity contribution in [1.29, 1.82) is 0 Å². The molecule has 2 aromatic heterocycles. The average molecular weight is 368 g/mol. The fraction of sp³-hybridized carbons (Fsp3) is 0.250. The van der Waals surface area contributed by atoms with E-state index in [0.29, 0.717) is 11.6 Å². The Bertz CT molecular complexity index is 849. The summed E-state index contributed by atoms with van der Waals surface area (Å²) in [6, 6.07) is 7.71. The van der Waals surface area contributed by atoms with Gasteiger partial charge in [0.05, 0.1) is 12.0 Å². The van der Waals surface area contributed by atoms with Gasteiger partial charge in [0.2, 0.25) is 5.28 Å². The van der Waals surface area contributed by atoms with Crippen LogP contribution in [0.4, 0.5) is 5.82 Å². The van der Waals surface area contributed by atoms with Crippen LogP contribution in [0.3, 0.4) is 0 Å². The second kappa shape index (κ2) is 6.61. The Morgan fingerprint density at radius 3 is 2.52 bits per heavy atom. The number of likely N-dealkylation sites (N-methyl/N-ethyl adjacent to an activating group) is 1. The molecule has 0 bridgehead atoms. The summed E-state index contributed by atoms with van der Waals surface area (Å²) in [7, 11) is 1.88. The summed E-state index contributed by atoms with van der Waals surface area (Å²) in [6.45, 7) is 2.57. The molecule has 0 unspecified atom stereocenters. The van der Waals surface area contributed by atoms with E-state index in [4.69, 9.17) is 23.2 Å². The Balaban J connectivity index is 2.29. The van der Waals surface area contributed by atoms with Crippen molar-refractivity contribution in [3.63, 3.8) is 0 Å². The summed E-state index contributed by atoms with van der Waals surface area (Å²) in [5.74, 6) is 0.725. The molecule has 0 fully saturated rings. The lowest BCUT2D eigenvalue weighted by Gasteiger charge is -2.18. The minimum absolute atomic E-state index is 0.0407. The van der Waals surface area contributed by atoms with Gasteiger partial charge in [-0.1, -0.05) is 23.7 Å². The number of aromatic nitrogens is 2. The van der Waals surface area contributed by atoms with Gasteiger partial charge in [-0.15, -0.1) is 11.3 Å². The molecule has 3 rings (SSSR count). The third-order valence-corrected chi connectivity index (χ3v) is 5.03. The highest BCUT2D eigenvalue weighted by Crippen LogP contribution is 2.42. The zero-order chi connectivity index (χ0) is 16.6. The molecule has 0 atom stereocenters. The maximum atomic E-state index is 9.23. The third kappa shape index (κ3) is 3.15. The van der Waals surface area contributed by atoms with E-state index in [-0.39, 0.29) is 11.9 Å². The van der Waals surface area contributed by atoms with E-state index in [1.54, 1.807) is 11.3 Å². The Kier molecular flexibility index (Phi) is 4.73. The molecule has 0 radical (unpaired) electrons. The lowest BCUT2D eigenvalue weighted by Crippen LogP contribution is -2.22. The van der Waals surface area contributed by atoms with E-state index in [1.807, 2.05) is 36.2 Å². The highest BCUT2D eigenvalue weighted by Gasteiger charge is 2.20. The average Bonchev–Trinajstić information content (AvgIpc) is 2.83. The van der Waals surface area contributed by atoms with Gasteiger partial charge >= 0.3 is 0 Å². The predicted octanol–water partition coefficient (Wildman–Crippen LogP) is 4.40. The fourth-order valence-electron chi connectivity index (χ4n) is 2.56. The largest absolute Gasteiger partial charge is 0.395 e. The fourth-order valence-corrected chi connectivity index (χ4v) is 3.94. The predicted molar refractivity (Wildman–Crippen MR) is 98.0 cm³/mol. The van der Waals surface area contributed by atoms with Crippen molar-refractivity contribution in [2.24, 2.45) is 0 Å². The number of fused-ring (bicyclic) bond motifs is 1. The van der Waals surface area contributed by atoms with Gasteiger partial charge in [0.1, 0.15) is 10.6 Å². The number of aryl methyl sites for hydroxylation is 1. The number of aliphatic hydroxyl groups excluding tert-OH is 1. The van der Waals surface area contributed by atoms with Crippen LogP contribution in [0.1, 0.15) is 4.88 Å². The van der Waals surface area contributed by atoms with Gasteiger partial charge in [0.15, 0.2) is 0 Å². The van der Waals surface area contributed by atoms with Crippen molar-refractivity contribution in [2.45, 2.75) is 6.92 Å². The van der Waals surface area contributed by atoms with Gasteiger partial charge in [0.25, 0.3) is 0 Å². The van der Waals surface area contributed by atoms with Gasteiger partial charge in [-0.2, -0.15) is 4.98 Å². The molecule has 120 valence electrons. The zero-order valence-corrected chi connectivity index (χ0v) is 15.0. The highest BCUT2D eigenvalue weighted by molar-refractivity contribution is 7.19. The maximum absolute atomic E-state index is 9.23. The van der Waals surface area contributed by atoms with Crippen LogP contribution in [-0.2, 0) is 0 Å². The summed E-state index contributed by atoms with van der Waals surface area (Å²) in [6.07, 6.45) is 0. The molecule has 2 heterocycles. The van der Waals surface area contributed by atoms with Crippen molar-refractivity contribution < 1.29 is 5.11 Å². The summed E-state index contributed by atoms with van der Waals surface area (Å²) in [4.78, 5) is 12.6. The summed E-state index contributed by atoms with van der Waals surface area (Å²) < 4.78 is 0. The first kappa shape index (κ1) is 16.5. The molecule has 3 aromatic rings. The lowest BCUT2D eigenvalue weighted by molar-refractivity contribution is 0.304. The molecule has 1 N–H and O–H groups in total. The van der Waals surface area contributed by atoms with Crippen LogP contribution < -0.4 is 4.90 Å². The quantitative estimate of drug-likeness (QED) is 0.694. The van der Waals surface area contributed by atoms with Gasteiger partial charge in [-0.25, -0.2) is 4.98 Å². The molecule has 0 aliphatic heterocycles. The van der Waals surface area contributed by atoms with Crippen LogP contribution >= 0.6 is 34.5 Å². The number of halogens is 2. The van der Waals surface area contributed by atoms with E-state index in [1.165, 1.54) is 0 Å². The molecule has 0 saturated heterocycles. The number of rotatable bonds is 4. The van der Waals surface area contributed by atoms with E-state index in [0.717, 1.165) is 32.0 Å². The lowest BCUT2D eigenvalue weighted by atomic mass is 10.0. The Labute approximate surface area is 148 Å². The minimum atomic E-state index is 0.0407. The van der Waals surface area contributed by atoms with Crippen LogP contribution in [0.25, 0.3) is 21.3 Å². The van der Waals surface area contributed by atoms with Crippen molar-refractivity contribution in [1.82, 2.24) is 9.97 Å². The van der Waals surface area contributed by atoms with Crippen molar-refractivity contribution in [3.8, 4) is 11.1 Å². The zero-order valence-electron chi connectivity index (χ0n) is 12.7. The number of hydrogen-bond acceptors (Lipinski definition) is 5. The van der Waals surface area contributed by atoms with Crippen molar-refractivity contribution >= 4 is 50.6 Å². The monoisotopic (exact) mass is 367 g/mol. The van der Waals surface area contributed by atoms with Crippen molar-refractivity contribution in [3.05, 3.63) is 39.4 Å². The van der Waals surface area contributed by atoms with Crippen LogP contribution in [0.5, 0.6) is 0 Å². The van der Waals surface area contributed by atoms with Gasteiger partial charge in [-0.3, -0.25) is 0 Å². The minimum Gasteiger partial charge on any atom is -0.395 e. The highest BCUT2D eigenvalue weighted by atomic mass is 35.5. The second-order valence-electron chi connectivity index (χ2n) is 5.18. The number of nitrogens with zero attached hydrogens (tertiary/aromatic N) is 3. The molecule has 4 nitrogen and oxygen atoms in total. The number of benzene rings is 1. The first-order valence-electron chi connectivity index (χ1n) is 7.06. The van der Waals surface area contributed by atoms with E-state index < -0.39 is 0 Å². The molecule has 0 saturated carbocycles. The van der Waals surface area contributed by atoms with Crippen LogP contribution in [-0.4, -0.2) is 35.3 Å². The second-order valence-corrected chi connectivity index (χ2v) is 7.16. The molecular weight excluding hydrogens is 353 g/mol. The van der Waals surface area contributed by atoms with E-state index in [9.17, 15) is 5.11 Å². The van der Waals surface area contributed by atoms with E-state index >= 15 is 0 Å². The number of aliphatic hydroxyl groups is 1. The van der Waals surface area contributed by atoms with Crippen molar-refractivity contribution in [2.75, 3.05) is 25.1 Å². The molecule has 0 aliphatic carbocycles. The SMILES string of the molecule is Cc1sc2nc(Cl)nc(N(C)CCO)c2c1-c1ccc(Cl)cc1. The standard InChI is InChI=1S/C16H15Cl2N3OS/c1-9-12(10-3-5-11(17)6-4-10)13-14(21(2)7-8-22)19-16(18)20-15(13)23-9/h3-6,22H,7-8H2,1-2H3. The molecule has 0 spiro atoms. The summed E-state index contributed by atoms with van der Waals surface area (Å²) in [5, 5.41) is 11.1. The normalized spacial score (nSPS) is 11.2. The Morgan fingerprint density at radius 1 is 1.17 bits per heavy atom. The van der Waals surface area contributed by atoms with Crippen LogP contribution in [0.2, 0.25) is 10.3 Å². The number of thiophene rings is 1. The molecular formula is C16H15Cl2N3OS. The first-order valence-corrected chi connectivity index (χ1v) is 8.63. The molecule has 23 heavy (non-hydrogen) atoms. The molecule has 7 heteroatoms. The van der Waals surface area contributed by atoms with E-state index in [2.05, 4.69) is 16.9 Å². The van der Waals surface area contributed by atoms with Gasteiger partial charge in [0, 0.05) is 29.1 Å². The molecule has 0 aliphatic rings. The maximum Gasteiger partial charge on any atom is 0.225 e. The topological polar surface area (TPSA) is 49.2 Å². The van der Waals surface area contributed by atoms with Crippen LogP contribution in [0, 0.1) is 6.92 Å². The number of anilines is 1. The smallest absolute Gasteiger partial charge is 0.225 e. The number of hydrogen-bond donors (Lipinski definition) is 1. The van der Waals surface area contributed by atoms with Gasteiger partial charge in [-0.05, 0) is 36.2 Å². The molecule has 0 amide bonds. The van der Waals surface area contributed by atoms with Gasteiger partial charge < -0.3 is 10.0 Å².